The minimum Gasteiger partial charge on any atom is -0.440 e. The first kappa shape index (κ1) is 21.2. The molecule has 0 spiro atoms. The van der Waals surface area contributed by atoms with Crippen molar-refractivity contribution in [2.75, 3.05) is 13.1 Å². The third kappa shape index (κ3) is 5.06. The summed E-state index contributed by atoms with van der Waals surface area (Å²) >= 11 is 7.70. The minimum atomic E-state index is 0.581. The van der Waals surface area contributed by atoms with Gasteiger partial charge in [-0.3, -0.25) is 4.90 Å². The average Bonchev–Trinajstić information content (AvgIpc) is 3.56. The smallest absolute Gasteiger partial charge is 0.205 e. The zero-order chi connectivity index (χ0) is 21.8. The number of hydrogen-bond acceptors (Lipinski definition) is 6. The fraction of sp³-hybridized carbons (Fsp3) is 0.292. The first-order chi connectivity index (χ1) is 15.7. The Bertz CT molecular complexity index is 1170. The Labute approximate surface area is 196 Å². The lowest BCUT2D eigenvalue weighted by molar-refractivity contribution is 0.316. The summed E-state index contributed by atoms with van der Waals surface area (Å²) < 4.78 is 8.18. The Kier molecular flexibility index (Phi) is 6.57. The Morgan fingerprint density at radius 3 is 2.62 bits per heavy atom. The molecule has 0 radical (unpaired) electrons. The second-order valence-electron chi connectivity index (χ2n) is 7.87. The van der Waals surface area contributed by atoms with Crippen LogP contribution in [0.1, 0.15) is 30.1 Å². The molecular weight excluding hydrogens is 442 g/mol. The predicted molar refractivity (Wildman–Crippen MR) is 127 cm³/mol. The van der Waals surface area contributed by atoms with E-state index < -0.39 is 0 Å². The molecule has 0 N–H and O–H groups in total. The van der Waals surface area contributed by atoms with Gasteiger partial charge in [-0.15, -0.1) is 10.2 Å². The van der Waals surface area contributed by atoms with Crippen LogP contribution in [0.25, 0.3) is 11.3 Å². The van der Waals surface area contributed by atoms with Crippen molar-refractivity contribution in [2.24, 2.45) is 0 Å². The molecule has 0 saturated carbocycles. The van der Waals surface area contributed by atoms with Crippen molar-refractivity contribution in [1.82, 2.24) is 24.6 Å². The summed E-state index contributed by atoms with van der Waals surface area (Å²) in [4.78, 5) is 6.89. The number of rotatable bonds is 8. The van der Waals surface area contributed by atoms with Gasteiger partial charge in [-0.2, -0.15) is 0 Å². The highest BCUT2D eigenvalue weighted by atomic mass is 35.5. The molecule has 5 rings (SSSR count). The van der Waals surface area contributed by atoms with E-state index in [9.17, 15) is 0 Å². The maximum atomic E-state index is 6.10. The summed E-state index contributed by atoms with van der Waals surface area (Å²) in [7, 11) is 0. The molecule has 0 bridgehead atoms. The molecule has 2 aromatic heterocycles. The summed E-state index contributed by atoms with van der Waals surface area (Å²) in [6, 6.07) is 18.0. The highest BCUT2D eigenvalue weighted by molar-refractivity contribution is 7.98. The fourth-order valence-corrected chi connectivity index (χ4v) is 4.89. The van der Waals surface area contributed by atoms with Gasteiger partial charge in [0.1, 0.15) is 5.82 Å². The van der Waals surface area contributed by atoms with Crippen LogP contribution < -0.4 is 0 Å². The maximum absolute atomic E-state index is 6.10. The van der Waals surface area contributed by atoms with Gasteiger partial charge in [-0.1, -0.05) is 65.8 Å². The van der Waals surface area contributed by atoms with E-state index in [0.717, 1.165) is 42.7 Å². The van der Waals surface area contributed by atoms with E-state index >= 15 is 0 Å². The van der Waals surface area contributed by atoms with Gasteiger partial charge in [0, 0.05) is 10.6 Å². The zero-order valence-corrected chi connectivity index (χ0v) is 19.2. The van der Waals surface area contributed by atoms with Crippen LogP contribution in [0, 0.1) is 0 Å². The summed E-state index contributed by atoms with van der Waals surface area (Å²) in [6.07, 6.45) is 4.26. The van der Waals surface area contributed by atoms with Crippen molar-refractivity contribution in [2.45, 2.75) is 36.8 Å². The van der Waals surface area contributed by atoms with Gasteiger partial charge in [-0.25, -0.2) is 4.98 Å². The lowest BCUT2D eigenvalue weighted by atomic mass is 10.2. The van der Waals surface area contributed by atoms with Crippen molar-refractivity contribution in [3.8, 4) is 11.3 Å². The number of nitrogens with zero attached hydrogens (tertiary/aromatic N) is 5. The number of benzene rings is 2. The molecule has 1 fully saturated rings. The Morgan fingerprint density at radius 2 is 1.81 bits per heavy atom. The highest BCUT2D eigenvalue weighted by Gasteiger charge is 2.19. The van der Waals surface area contributed by atoms with Crippen LogP contribution in [0.2, 0.25) is 5.02 Å². The number of thioether (sulfide) groups is 1. The van der Waals surface area contributed by atoms with E-state index in [0.29, 0.717) is 22.4 Å². The lowest BCUT2D eigenvalue weighted by Gasteiger charge is -2.16. The second kappa shape index (κ2) is 9.90. The highest BCUT2D eigenvalue weighted by Crippen LogP contribution is 2.27. The van der Waals surface area contributed by atoms with Crippen LogP contribution in [-0.2, 0) is 18.8 Å². The van der Waals surface area contributed by atoms with Gasteiger partial charge in [0.15, 0.2) is 10.9 Å². The normalized spacial score (nSPS) is 14.3. The Hall–Kier alpha value is -2.61. The molecule has 3 heterocycles. The van der Waals surface area contributed by atoms with E-state index in [4.69, 9.17) is 16.0 Å². The predicted octanol–water partition coefficient (Wildman–Crippen LogP) is 5.52. The summed E-state index contributed by atoms with van der Waals surface area (Å²) in [6.45, 7) is 3.84. The van der Waals surface area contributed by atoms with Crippen LogP contribution in [0.5, 0.6) is 0 Å². The van der Waals surface area contributed by atoms with Gasteiger partial charge in [-0.05, 0) is 43.6 Å². The van der Waals surface area contributed by atoms with E-state index in [-0.39, 0.29) is 0 Å². The van der Waals surface area contributed by atoms with E-state index in [1.807, 2.05) is 30.3 Å². The summed E-state index contributed by atoms with van der Waals surface area (Å²) in [5, 5.41) is 10.6. The molecular formula is C24H24ClN5OS. The van der Waals surface area contributed by atoms with Crippen molar-refractivity contribution < 1.29 is 4.42 Å². The summed E-state index contributed by atoms with van der Waals surface area (Å²) in [5.74, 6) is 2.95. The minimum absolute atomic E-state index is 0.581. The standard InChI is InChI=1S/C24H24ClN5OS/c25-20-10-6-9-19(13-20)21-14-26-23(31-21)17-32-24-28-27-22(16-29-11-4-5-12-29)30(24)15-18-7-2-1-3-8-18/h1-3,6-10,13-14H,4-5,11-12,15-17H2. The van der Waals surface area contributed by atoms with Gasteiger partial charge in [0.25, 0.3) is 0 Å². The molecule has 0 amide bonds. The average molecular weight is 466 g/mol. The number of aromatic nitrogens is 4. The van der Waals surface area contributed by atoms with Gasteiger partial charge in [0.2, 0.25) is 5.89 Å². The molecule has 32 heavy (non-hydrogen) atoms. The molecule has 1 aliphatic heterocycles. The van der Waals surface area contributed by atoms with Crippen LogP contribution >= 0.6 is 23.4 Å². The van der Waals surface area contributed by atoms with Gasteiger partial charge in [0.05, 0.1) is 25.0 Å². The molecule has 1 aliphatic rings. The SMILES string of the molecule is Clc1cccc(-c2cnc(CSc3nnc(CN4CCCC4)n3Cc3ccccc3)o2)c1. The number of hydrogen-bond donors (Lipinski definition) is 0. The molecule has 164 valence electrons. The van der Waals surface area contributed by atoms with Crippen molar-refractivity contribution in [1.29, 1.82) is 0 Å². The van der Waals surface area contributed by atoms with Crippen molar-refractivity contribution in [3.63, 3.8) is 0 Å². The molecule has 0 unspecified atom stereocenters. The maximum Gasteiger partial charge on any atom is 0.205 e. The Balaban J connectivity index is 1.33. The third-order valence-corrected chi connectivity index (χ3v) is 6.71. The van der Waals surface area contributed by atoms with E-state index in [1.165, 1.54) is 18.4 Å². The molecule has 2 aromatic carbocycles. The molecule has 8 heteroatoms. The van der Waals surface area contributed by atoms with Crippen LogP contribution in [0.15, 0.2) is 70.4 Å². The fourth-order valence-electron chi connectivity index (χ4n) is 3.89. The van der Waals surface area contributed by atoms with E-state index in [2.05, 4.69) is 48.9 Å². The monoisotopic (exact) mass is 465 g/mol. The van der Waals surface area contributed by atoms with E-state index in [1.54, 1.807) is 18.0 Å². The van der Waals surface area contributed by atoms with Gasteiger partial charge < -0.3 is 8.98 Å². The molecule has 0 atom stereocenters. The first-order valence-electron chi connectivity index (χ1n) is 10.8. The third-order valence-electron chi connectivity index (χ3n) is 5.53. The van der Waals surface area contributed by atoms with Crippen molar-refractivity contribution in [3.05, 3.63) is 83.1 Å². The van der Waals surface area contributed by atoms with Gasteiger partial charge >= 0.3 is 0 Å². The molecule has 0 aliphatic carbocycles. The Morgan fingerprint density at radius 1 is 0.969 bits per heavy atom. The first-order valence-corrected chi connectivity index (χ1v) is 12.1. The number of oxazole rings is 1. The zero-order valence-electron chi connectivity index (χ0n) is 17.7. The van der Waals surface area contributed by atoms with Crippen LogP contribution in [0.4, 0.5) is 0 Å². The topological polar surface area (TPSA) is 60.0 Å². The number of likely N-dealkylation sites (tertiary alicyclic amines) is 1. The second-order valence-corrected chi connectivity index (χ2v) is 9.25. The van der Waals surface area contributed by atoms with Crippen LogP contribution in [-0.4, -0.2) is 37.7 Å². The largest absolute Gasteiger partial charge is 0.440 e. The molecule has 1 saturated heterocycles. The summed E-state index contributed by atoms with van der Waals surface area (Å²) in [5.41, 5.74) is 2.15. The number of halogens is 1. The van der Waals surface area contributed by atoms with Crippen LogP contribution in [0.3, 0.4) is 0 Å². The quantitative estimate of drug-likeness (QED) is 0.319. The lowest BCUT2D eigenvalue weighted by Crippen LogP contribution is -2.21. The molecule has 6 nitrogen and oxygen atoms in total. The molecule has 4 aromatic rings. The van der Waals surface area contributed by atoms with Crippen molar-refractivity contribution >= 4 is 23.4 Å².